The summed E-state index contributed by atoms with van der Waals surface area (Å²) in [4.78, 5) is 16.9. The Kier molecular flexibility index (Phi) is 5.44. The molecular weight excluding hydrogens is 392 g/mol. The number of nitrogens with one attached hydrogen (secondary N) is 2. The van der Waals surface area contributed by atoms with Crippen LogP contribution in [0.4, 0.5) is 0 Å². The molecule has 2 aliphatic rings. The molecule has 8 nitrogen and oxygen atoms in total. The molecule has 2 saturated carbocycles. The third kappa shape index (κ3) is 4.51. The fourth-order valence-electron chi connectivity index (χ4n) is 3.62. The van der Waals surface area contributed by atoms with Crippen molar-refractivity contribution in [3.05, 3.63) is 29.7 Å². The highest BCUT2D eigenvalue weighted by atomic mass is 32.2. The van der Waals surface area contributed by atoms with Gasteiger partial charge in [0, 0.05) is 17.5 Å². The van der Waals surface area contributed by atoms with Crippen LogP contribution >= 0.6 is 0 Å². The van der Waals surface area contributed by atoms with Gasteiger partial charge in [0.05, 0.1) is 10.9 Å². The molecule has 2 N–H and O–H groups in total. The van der Waals surface area contributed by atoms with E-state index in [1.807, 2.05) is 0 Å². The number of nitrogens with zero attached hydrogens (tertiary/aromatic N) is 2. The Bertz CT molecular complexity index is 1010. The highest BCUT2D eigenvalue weighted by Crippen LogP contribution is 2.39. The average Bonchev–Trinajstić information content (AvgIpc) is 3.18. The van der Waals surface area contributed by atoms with E-state index in [9.17, 15) is 13.2 Å². The Balaban J connectivity index is 1.51. The minimum atomic E-state index is -3.89. The zero-order chi connectivity index (χ0) is 20.6. The van der Waals surface area contributed by atoms with Crippen LogP contribution in [0.25, 0.3) is 11.4 Å². The van der Waals surface area contributed by atoms with E-state index in [-0.39, 0.29) is 16.8 Å². The van der Waals surface area contributed by atoms with Crippen molar-refractivity contribution in [3.8, 4) is 11.4 Å². The number of rotatable bonds is 7. The molecule has 0 spiro atoms. The molecule has 0 radical (unpaired) electrons. The molecular formula is C20H26N4O4S. The van der Waals surface area contributed by atoms with Crippen LogP contribution in [0.5, 0.6) is 0 Å². The van der Waals surface area contributed by atoms with Gasteiger partial charge in [0.25, 0.3) is 0 Å². The minimum Gasteiger partial charge on any atom is -0.352 e. The highest BCUT2D eigenvalue weighted by Gasteiger charge is 2.30. The van der Waals surface area contributed by atoms with Crippen molar-refractivity contribution >= 4 is 15.9 Å². The lowest BCUT2D eigenvalue weighted by Gasteiger charge is -2.18. The van der Waals surface area contributed by atoms with E-state index in [4.69, 9.17) is 4.52 Å². The first-order valence-electron chi connectivity index (χ1n) is 10.1. The first-order chi connectivity index (χ1) is 13.8. The molecule has 156 valence electrons. The molecule has 1 unspecified atom stereocenters. The number of aromatic nitrogens is 2. The molecule has 4 rings (SSSR count). The van der Waals surface area contributed by atoms with Gasteiger partial charge in [-0.3, -0.25) is 4.79 Å². The second-order valence-corrected chi connectivity index (χ2v) is 9.73. The number of hydrogen-bond donors (Lipinski definition) is 2. The monoisotopic (exact) mass is 418 g/mol. The van der Waals surface area contributed by atoms with E-state index in [1.165, 1.54) is 6.07 Å². The lowest BCUT2D eigenvalue weighted by molar-refractivity contribution is -0.123. The van der Waals surface area contributed by atoms with Crippen LogP contribution in [-0.2, 0) is 14.8 Å². The maximum Gasteiger partial charge on any atom is 0.241 e. The Morgan fingerprint density at radius 1 is 1.21 bits per heavy atom. The zero-order valence-electron chi connectivity index (χ0n) is 16.6. The van der Waals surface area contributed by atoms with Crippen molar-refractivity contribution < 1.29 is 17.7 Å². The normalized spacial score (nSPS) is 18.7. The van der Waals surface area contributed by atoms with Crippen molar-refractivity contribution in [2.24, 2.45) is 0 Å². The molecule has 29 heavy (non-hydrogen) atoms. The predicted molar refractivity (Wildman–Crippen MR) is 107 cm³/mol. The van der Waals surface area contributed by atoms with Crippen molar-refractivity contribution in [1.82, 2.24) is 20.2 Å². The van der Waals surface area contributed by atoms with Gasteiger partial charge in [-0.1, -0.05) is 30.1 Å². The summed E-state index contributed by atoms with van der Waals surface area (Å²) in [7, 11) is -3.89. The van der Waals surface area contributed by atoms with E-state index < -0.39 is 16.1 Å². The summed E-state index contributed by atoms with van der Waals surface area (Å²) in [6, 6.07) is 4.28. The first kappa shape index (κ1) is 20.0. The molecule has 1 aromatic carbocycles. The van der Waals surface area contributed by atoms with Gasteiger partial charge in [-0.25, -0.2) is 8.42 Å². The second kappa shape index (κ2) is 7.87. The van der Waals surface area contributed by atoms with Gasteiger partial charge in [0.2, 0.25) is 27.6 Å². The molecule has 0 aliphatic heterocycles. The summed E-state index contributed by atoms with van der Waals surface area (Å²) >= 11 is 0. The number of hydrogen-bond acceptors (Lipinski definition) is 6. The van der Waals surface area contributed by atoms with E-state index in [1.54, 1.807) is 26.0 Å². The Morgan fingerprint density at radius 3 is 2.62 bits per heavy atom. The Hall–Kier alpha value is -2.26. The van der Waals surface area contributed by atoms with Gasteiger partial charge in [-0.15, -0.1) is 0 Å². The van der Waals surface area contributed by atoms with Gasteiger partial charge < -0.3 is 9.84 Å². The third-order valence-electron chi connectivity index (χ3n) is 5.53. The van der Waals surface area contributed by atoms with E-state index in [0.29, 0.717) is 28.8 Å². The van der Waals surface area contributed by atoms with Crippen molar-refractivity contribution in [3.63, 3.8) is 0 Å². The maximum absolute atomic E-state index is 13.0. The summed E-state index contributed by atoms with van der Waals surface area (Å²) in [5, 5.41) is 6.91. The van der Waals surface area contributed by atoms with Crippen LogP contribution in [0.2, 0.25) is 0 Å². The van der Waals surface area contributed by atoms with Gasteiger partial charge in [-0.05, 0) is 51.2 Å². The quantitative estimate of drug-likeness (QED) is 0.714. The first-order valence-corrected chi connectivity index (χ1v) is 11.6. The standard InChI is InChI=1S/C20H26N4O4S/c1-12-7-8-15(18-22-20(28-23-18)14-9-10-14)11-17(12)29(26,27)24-13(2)19(25)21-16-5-3-4-6-16/h7-8,11,13-14,16,24H,3-6,9-10H2,1-2H3,(H,21,25). The topological polar surface area (TPSA) is 114 Å². The third-order valence-corrected chi connectivity index (χ3v) is 7.21. The molecule has 0 bridgehead atoms. The summed E-state index contributed by atoms with van der Waals surface area (Å²) < 4.78 is 33.7. The van der Waals surface area contributed by atoms with Crippen LogP contribution in [0.3, 0.4) is 0 Å². The lowest BCUT2D eigenvalue weighted by Crippen LogP contribution is -2.47. The van der Waals surface area contributed by atoms with Crippen LogP contribution in [-0.4, -0.2) is 36.5 Å². The fourth-order valence-corrected chi connectivity index (χ4v) is 5.10. The van der Waals surface area contributed by atoms with Gasteiger partial charge >= 0.3 is 0 Å². The van der Waals surface area contributed by atoms with Crippen LogP contribution in [0.15, 0.2) is 27.6 Å². The molecule has 1 atom stereocenters. The van der Waals surface area contributed by atoms with Crippen molar-refractivity contribution in [2.45, 2.75) is 75.3 Å². The van der Waals surface area contributed by atoms with Crippen LogP contribution < -0.4 is 10.0 Å². The number of benzene rings is 1. The number of amides is 1. The number of carbonyl (C=O) groups is 1. The molecule has 9 heteroatoms. The van der Waals surface area contributed by atoms with Crippen LogP contribution in [0.1, 0.15) is 62.8 Å². The summed E-state index contributed by atoms with van der Waals surface area (Å²) in [6.45, 7) is 3.27. The zero-order valence-corrected chi connectivity index (χ0v) is 17.5. The molecule has 2 fully saturated rings. The number of carbonyl (C=O) groups excluding carboxylic acids is 1. The molecule has 1 heterocycles. The number of aryl methyl sites for hydroxylation is 1. The van der Waals surface area contributed by atoms with Crippen LogP contribution in [0, 0.1) is 6.92 Å². The minimum absolute atomic E-state index is 0.105. The molecule has 1 aromatic heterocycles. The summed E-state index contributed by atoms with van der Waals surface area (Å²) in [5.74, 6) is 0.989. The maximum atomic E-state index is 13.0. The molecule has 0 saturated heterocycles. The number of sulfonamides is 1. The second-order valence-electron chi connectivity index (χ2n) is 8.04. The summed E-state index contributed by atoms with van der Waals surface area (Å²) in [6.07, 6.45) is 6.16. The Labute approximate surface area is 170 Å². The smallest absolute Gasteiger partial charge is 0.241 e. The average molecular weight is 419 g/mol. The predicted octanol–water partition coefficient (Wildman–Crippen LogP) is 2.65. The molecule has 2 aromatic rings. The fraction of sp³-hybridized carbons (Fsp3) is 0.550. The van der Waals surface area contributed by atoms with Gasteiger partial charge in [0.15, 0.2) is 0 Å². The van der Waals surface area contributed by atoms with Crippen molar-refractivity contribution in [2.75, 3.05) is 0 Å². The molecule has 1 amide bonds. The van der Waals surface area contributed by atoms with Gasteiger partial charge in [0.1, 0.15) is 0 Å². The molecule has 2 aliphatic carbocycles. The van der Waals surface area contributed by atoms with E-state index >= 15 is 0 Å². The SMILES string of the molecule is Cc1ccc(-c2noc(C3CC3)n2)cc1S(=O)(=O)NC(C)C(=O)NC1CCCC1. The largest absolute Gasteiger partial charge is 0.352 e. The lowest BCUT2D eigenvalue weighted by atomic mass is 10.1. The summed E-state index contributed by atoms with van der Waals surface area (Å²) in [5.41, 5.74) is 1.14. The van der Waals surface area contributed by atoms with Crippen molar-refractivity contribution in [1.29, 1.82) is 0 Å². The highest BCUT2D eigenvalue weighted by molar-refractivity contribution is 7.89. The van der Waals surface area contributed by atoms with E-state index in [0.717, 1.165) is 38.5 Å². The van der Waals surface area contributed by atoms with Gasteiger partial charge in [-0.2, -0.15) is 9.71 Å². The Morgan fingerprint density at radius 2 is 1.93 bits per heavy atom. The van der Waals surface area contributed by atoms with E-state index in [2.05, 4.69) is 20.2 Å².